The van der Waals surface area contributed by atoms with Gasteiger partial charge in [-0.1, -0.05) is 50.3 Å². The lowest BCUT2D eigenvalue weighted by molar-refractivity contribution is -0.140. The molecule has 0 bridgehead atoms. The van der Waals surface area contributed by atoms with Gasteiger partial charge in [0.1, 0.15) is 11.6 Å². The summed E-state index contributed by atoms with van der Waals surface area (Å²) in [7, 11) is 0. The number of aromatic nitrogens is 2. The smallest absolute Gasteiger partial charge is 0.227 e. The molecule has 3 aromatic rings. The Labute approximate surface area is 192 Å². The lowest BCUT2D eigenvalue weighted by atomic mass is 9.88. The van der Waals surface area contributed by atoms with E-state index in [1.165, 1.54) is 29.0 Å². The van der Waals surface area contributed by atoms with Crippen LogP contribution in [0.4, 0.5) is 15.3 Å². The van der Waals surface area contributed by atoms with Crippen molar-refractivity contribution in [3.63, 3.8) is 0 Å². The number of anilines is 2. The van der Waals surface area contributed by atoms with Crippen LogP contribution in [0.2, 0.25) is 0 Å². The average Bonchev–Trinajstić information content (AvgIpc) is 3.23. The highest BCUT2D eigenvalue weighted by Crippen LogP contribution is 2.31. The largest absolute Gasteiger partial charge is 0.342 e. The lowest BCUT2D eigenvalue weighted by Crippen LogP contribution is -2.44. The van der Waals surface area contributed by atoms with Crippen LogP contribution in [0.3, 0.4) is 0 Å². The molecule has 1 aliphatic heterocycles. The summed E-state index contributed by atoms with van der Waals surface area (Å²) in [6, 6.07) is 10.5. The lowest BCUT2D eigenvalue weighted by Gasteiger charge is -2.35. The van der Waals surface area contributed by atoms with Crippen molar-refractivity contribution in [2.24, 2.45) is 11.3 Å². The maximum atomic E-state index is 13.1. The fourth-order valence-corrected chi connectivity index (χ4v) is 4.78. The van der Waals surface area contributed by atoms with Gasteiger partial charge in [-0.3, -0.25) is 4.79 Å². The summed E-state index contributed by atoms with van der Waals surface area (Å²) in [5, 5.41) is 4.00. The van der Waals surface area contributed by atoms with E-state index in [4.69, 9.17) is 0 Å². The van der Waals surface area contributed by atoms with Crippen LogP contribution in [0.5, 0.6) is 0 Å². The van der Waals surface area contributed by atoms with Crippen LogP contribution in [0.1, 0.15) is 39.2 Å². The van der Waals surface area contributed by atoms with Crippen molar-refractivity contribution >= 4 is 28.2 Å². The SMILES string of the molecule is CC(C)(C)C(=O)N1CCC(Cc2ccc(Nc3ncc(-c4ccc(F)cc4)s3)nc2)CC1. The van der Waals surface area contributed by atoms with Gasteiger partial charge < -0.3 is 10.2 Å². The van der Waals surface area contributed by atoms with Crippen LogP contribution < -0.4 is 5.32 Å². The second-order valence-electron chi connectivity index (χ2n) is 9.40. The summed E-state index contributed by atoms with van der Waals surface area (Å²) >= 11 is 1.51. The Bertz CT molecular complexity index is 1050. The fourth-order valence-electron chi connectivity index (χ4n) is 3.96. The molecule has 0 saturated carbocycles. The zero-order valence-electron chi connectivity index (χ0n) is 18.8. The zero-order valence-corrected chi connectivity index (χ0v) is 19.6. The number of thiazole rings is 1. The van der Waals surface area contributed by atoms with E-state index in [1.807, 2.05) is 37.9 Å². The Morgan fingerprint density at radius 1 is 1.09 bits per heavy atom. The number of amides is 1. The average molecular weight is 453 g/mol. The highest BCUT2D eigenvalue weighted by Gasteiger charge is 2.30. The molecule has 0 atom stereocenters. The van der Waals surface area contributed by atoms with E-state index >= 15 is 0 Å². The normalized spacial score (nSPS) is 15.1. The molecule has 1 aliphatic rings. The number of rotatable bonds is 5. The first-order valence-corrected chi connectivity index (χ1v) is 11.8. The fraction of sp³-hybridized carbons (Fsp3) is 0.400. The summed E-state index contributed by atoms with van der Waals surface area (Å²) in [5.41, 5.74) is 1.84. The maximum absolute atomic E-state index is 13.1. The number of benzene rings is 1. The van der Waals surface area contributed by atoms with Crippen molar-refractivity contribution in [2.45, 2.75) is 40.0 Å². The van der Waals surface area contributed by atoms with E-state index in [0.29, 0.717) is 5.92 Å². The van der Waals surface area contributed by atoms with Gasteiger partial charge in [0, 0.05) is 30.9 Å². The first-order chi connectivity index (χ1) is 15.3. The molecule has 0 aliphatic carbocycles. The summed E-state index contributed by atoms with van der Waals surface area (Å²) in [5.74, 6) is 1.33. The third kappa shape index (κ3) is 5.51. The second kappa shape index (κ2) is 9.36. The minimum atomic E-state index is -0.309. The number of halogens is 1. The Morgan fingerprint density at radius 3 is 2.44 bits per heavy atom. The highest BCUT2D eigenvalue weighted by atomic mass is 32.1. The van der Waals surface area contributed by atoms with Crippen LogP contribution in [-0.4, -0.2) is 33.9 Å². The quantitative estimate of drug-likeness (QED) is 0.522. The van der Waals surface area contributed by atoms with Crippen molar-refractivity contribution in [3.05, 3.63) is 60.2 Å². The van der Waals surface area contributed by atoms with Gasteiger partial charge in [-0.25, -0.2) is 14.4 Å². The summed E-state index contributed by atoms with van der Waals surface area (Å²) in [6.45, 7) is 7.64. The molecule has 1 saturated heterocycles. The number of pyridine rings is 1. The molecule has 3 heterocycles. The molecule has 1 aromatic carbocycles. The van der Waals surface area contributed by atoms with Gasteiger partial charge in [0.2, 0.25) is 5.91 Å². The number of carbonyl (C=O) groups is 1. The Balaban J connectivity index is 1.30. The van der Waals surface area contributed by atoms with Crippen LogP contribution >= 0.6 is 11.3 Å². The minimum absolute atomic E-state index is 0.246. The zero-order chi connectivity index (χ0) is 22.7. The van der Waals surface area contributed by atoms with Crippen molar-refractivity contribution in [3.8, 4) is 10.4 Å². The molecule has 0 radical (unpaired) electrons. The molecular weight excluding hydrogens is 423 g/mol. The molecule has 1 fully saturated rings. The molecule has 1 amide bonds. The van der Waals surface area contributed by atoms with Crippen LogP contribution in [0.15, 0.2) is 48.8 Å². The van der Waals surface area contributed by atoms with E-state index in [2.05, 4.69) is 21.4 Å². The molecule has 7 heteroatoms. The van der Waals surface area contributed by atoms with E-state index in [-0.39, 0.29) is 17.1 Å². The number of likely N-dealkylation sites (tertiary alicyclic amines) is 1. The topological polar surface area (TPSA) is 58.1 Å². The number of hydrogen-bond acceptors (Lipinski definition) is 5. The first-order valence-electron chi connectivity index (χ1n) is 11.0. The molecular formula is C25H29FN4OS. The first kappa shape index (κ1) is 22.4. The van der Waals surface area contributed by atoms with Crippen LogP contribution in [0.25, 0.3) is 10.4 Å². The van der Waals surface area contributed by atoms with Gasteiger partial charge in [-0.15, -0.1) is 0 Å². The van der Waals surface area contributed by atoms with Crippen molar-refractivity contribution < 1.29 is 9.18 Å². The number of hydrogen-bond donors (Lipinski definition) is 1. The van der Waals surface area contributed by atoms with Gasteiger partial charge in [0.05, 0.1) is 4.88 Å². The second-order valence-corrected chi connectivity index (χ2v) is 10.4. The number of nitrogens with one attached hydrogen (secondary N) is 1. The van der Waals surface area contributed by atoms with Gasteiger partial charge in [0.15, 0.2) is 5.13 Å². The van der Waals surface area contributed by atoms with E-state index in [0.717, 1.165) is 53.7 Å². The van der Waals surface area contributed by atoms with Gasteiger partial charge in [-0.05, 0) is 54.5 Å². The molecule has 0 spiro atoms. The van der Waals surface area contributed by atoms with Gasteiger partial charge in [-0.2, -0.15) is 0 Å². The standard InChI is InChI=1S/C25H29FN4OS/c1-25(2,3)23(31)30-12-10-17(11-13-30)14-18-4-9-22(27-15-18)29-24-28-16-21(32-24)19-5-7-20(26)8-6-19/h4-9,15-17H,10-14H2,1-3H3,(H,27,28,29). The number of nitrogens with zero attached hydrogens (tertiary/aromatic N) is 3. The van der Waals surface area contributed by atoms with E-state index in [1.54, 1.807) is 18.3 Å². The molecule has 0 unspecified atom stereocenters. The van der Waals surface area contributed by atoms with Gasteiger partial charge in [0.25, 0.3) is 0 Å². The molecule has 4 rings (SSSR count). The van der Waals surface area contributed by atoms with Crippen molar-refractivity contribution in [1.29, 1.82) is 0 Å². The number of piperidine rings is 1. The minimum Gasteiger partial charge on any atom is -0.342 e. The Hall–Kier alpha value is -2.80. The Kier molecular flexibility index (Phi) is 6.55. The third-order valence-electron chi connectivity index (χ3n) is 5.76. The summed E-state index contributed by atoms with van der Waals surface area (Å²) < 4.78 is 13.1. The maximum Gasteiger partial charge on any atom is 0.227 e. The molecule has 5 nitrogen and oxygen atoms in total. The summed E-state index contributed by atoms with van der Waals surface area (Å²) in [6.07, 6.45) is 6.76. The molecule has 32 heavy (non-hydrogen) atoms. The molecule has 168 valence electrons. The molecule has 1 N–H and O–H groups in total. The monoisotopic (exact) mass is 452 g/mol. The third-order valence-corrected chi connectivity index (χ3v) is 6.72. The predicted molar refractivity (Wildman–Crippen MR) is 127 cm³/mol. The van der Waals surface area contributed by atoms with Crippen LogP contribution in [0, 0.1) is 17.2 Å². The highest BCUT2D eigenvalue weighted by molar-refractivity contribution is 7.18. The number of carbonyl (C=O) groups excluding carboxylic acids is 1. The van der Waals surface area contributed by atoms with Crippen molar-refractivity contribution in [1.82, 2.24) is 14.9 Å². The summed E-state index contributed by atoms with van der Waals surface area (Å²) in [4.78, 5) is 24.4. The van der Waals surface area contributed by atoms with Gasteiger partial charge >= 0.3 is 0 Å². The predicted octanol–water partition coefficient (Wildman–Crippen LogP) is 5.92. The van der Waals surface area contributed by atoms with Crippen molar-refractivity contribution in [2.75, 3.05) is 18.4 Å². The Morgan fingerprint density at radius 2 is 1.81 bits per heavy atom. The van der Waals surface area contributed by atoms with E-state index < -0.39 is 0 Å². The van der Waals surface area contributed by atoms with Crippen LogP contribution in [-0.2, 0) is 11.2 Å². The van der Waals surface area contributed by atoms with E-state index in [9.17, 15) is 9.18 Å². The molecule has 2 aromatic heterocycles.